The summed E-state index contributed by atoms with van der Waals surface area (Å²) in [6.45, 7) is 0. The minimum absolute atomic E-state index is 0.0926. The molecule has 3 nitrogen and oxygen atoms in total. The molecule has 50 valence electrons. The first-order valence-corrected chi connectivity index (χ1v) is 3.08. The van der Waals surface area contributed by atoms with Gasteiger partial charge in [0.25, 0.3) is 0 Å². The summed E-state index contributed by atoms with van der Waals surface area (Å²) in [6.07, 6.45) is 0.859. The second kappa shape index (κ2) is 1.14. The van der Waals surface area contributed by atoms with Crippen molar-refractivity contribution in [1.82, 2.24) is 0 Å². The number of hydrogen-bond acceptors (Lipinski definition) is 2. The van der Waals surface area contributed by atoms with E-state index < -0.39 is 11.4 Å². The maximum atomic E-state index is 10.4. The van der Waals surface area contributed by atoms with Gasteiger partial charge in [0.1, 0.15) is 0 Å². The summed E-state index contributed by atoms with van der Waals surface area (Å²) >= 11 is 0. The van der Waals surface area contributed by atoms with Crippen LogP contribution in [-0.2, 0) is 4.79 Å². The molecule has 0 aliphatic heterocycles. The molecule has 0 bridgehead atoms. The lowest BCUT2D eigenvalue weighted by Gasteiger charge is -2.26. The number of fused-ring (bicyclic) bond motifs is 1. The molecule has 0 heterocycles. The van der Waals surface area contributed by atoms with Gasteiger partial charge in [-0.3, -0.25) is 4.79 Å². The Bertz CT molecular complexity index is 177. The number of aliphatic carboxylic acids is 1. The summed E-state index contributed by atoms with van der Waals surface area (Å²) in [5, 5.41) is 17.4. The number of hydrogen-bond donors (Lipinski definition) is 2. The molecule has 3 heteroatoms. The van der Waals surface area contributed by atoms with E-state index in [2.05, 4.69) is 0 Å². The molecule has 0 saturated heterocycles. The maximum absolute atomic E-state index is 10.4. The van der Waals surface area contributed by atoms with Crippen molar-refractivity contribution >= 4 is 5.97 Å². The molecule has 3 atom stereocenters. The topological polar surface area (TPSA) is 57.5 Å². The fraction of sp³-hybridized carbons (Fsp3) is 0.833. The number of carbonyl (C=O) groups is 1. The number of carboxylic acid groups (broad SMARTS) is 1. The Morgan fingerprint density at radius 3 is 2.33 bits per heavy atom. The van der Waals surface area contributed by atoms with E-state index in [4.69, 9.17) is 10.2 Å². The molecule has 0 radical (unpaired) electrons. The fourth-order valence-corrected chi connectivity index (χ4v) is 1.76. The zero-order valence-corrected chi connectivity index (χ0v) is 4.87. The molecule has 2 saturated carbocycles. The van der Waals surface area contributed by atoms with E-state index in [9.17, 15) is 4.79 Å². The van der Waals surface area contributed by atoms with E-state index in [0.29, 0.717) is 12.8 Å². The van der Waals surface area contributed by atoms with Gasteiger partial charge in [0.2, 0.25) is 0 Å². The highest BCUT2D eigenvalue weighted by Crippen LogP contribution is 2.67. The van der Waals surface area contributed by atoms with Crippen LogP contribution in [0, 0.1) is 11.3 Å². The predicted octanol–water partition coefficient (Wildman–Crippen LogP) is -0.158. The zero-order chi connectivity index (χ0) is 6.65. The van der Waals surface area contributed by atoms with E-state index in [-0.39, 0.29) is 12.0 Å². The Kier molecular flexibility index (Phi) is 0.662. The van der Waals surface area contributed by atoms with Crippen LogP contribution in [0.4, 0.5) is 0 Å². The molecule has 0 aromatic heterocycles. The Balaban J connectivity index is 2.12. The maximum Gasteiger partial charge on any atom is 0.310 e. The summed E-state index contributed by atoms with van der Waals surface area (Å²) in [4.78, 5) is 10.4. The normalized spacial score (nSPS) is 53.4. The third-order valence-corrected chi connectivity index (χ3v) is 2.60. The minimum atomic E-state index is -0.724. The molecule has 2 aliphatic rings. The molecule has 0 spiro atoms. The van der Waals surface area contributed by atoms with Crippen LogP contribution >= 0.6 is 0 Å². The van der Waals surface area contributed by atoms with Gasteiger partial charge >= 0.3 is 5.97 Å². The Hall–Kier alpha value is -0.570. The number of aliphatic hydroxyl groups excluding tert-OH is 1. The predicted molar refractivity (Wildman–Crippen MR) is 28.8 cm³/mol. The summed E-state index contributed by atoms with van der Waals surface area (Å²) in [5.74, 6) is -0.632. The zero-order valence-electron chi connectivity index (χ0n) is 4.87. The van der Waals surface area contributed by atoms with E-state index in [1.807, 2.05) is 0 Å². The first-order valence-electron chi connectivity index (χ1n) is 3.08. The highest BCUT2D eigenvalue weighted by molar-refractivity contribution is 5.80. The highest BCUT2D eigenvalue weighted by Gasteiger charge is 2.71. The van der Waals surface area contributed by atoms with Crippen molar-refractivity contribution in [1.29, 1.82) is 0 Å². The lowest BCUT2D eigenvalue weighted by atomic mass is 9.82. The van der Waals surface area contributed by atoms with Crippen molar-refractivity contribution in [2.45, 2.75) is 18.9 Å². The third-order valence-electron chi connectivity index (χ3n) is 2.60. The Morgan fingerprint density at radius 2 is 2.22 bits per heavy atom. The lowest BCUT2D eigenvalue weighted by molar-refractivity contribution is -0.150. The molecule has 2 N–H and O–H groups in total. The molecule has 0 amide bonds. The Morgan fingerprint density at radius 1 is 1.56 bits per heavy atom. The van der Waals surface area contributed by atoms with E-state index in [1.54, 1.807) is 0 Å². The molecule has 9 heavy (non-hydrogen) atoms. The average Bonchev–Trinajstić information content (AvgIpc) is 2.36. The van der Waals surface area contributed by atoms with Gasteiger partial charge in [-0.05, 0) is 12.8 Å². The van der Waals surface area contributed by atoms with E-state index in [0.717, 1.165) is 0 Å². The van der Waals surface area contributed by atoms with Crippen molar-refractivity contribution in [3.8, 4) is 0 Å². The van der Waals surface area contributed by atoms with E-state index >= 15 is 0 Å². The molecule has 0 aromatic rings. The van der Waals surface area contributed by atoms with Gasteiger partial charge in [-0.1, -0.05) is 0 Å². The van der Waals surface area contributed by atoms with Crippen LogP contribution in [0.5, 0.6) is 0 Å². The van der Waals surface area contributed by atoms with Gasteiger partial charge in [-0.25, -0.2) is 0 Å². The first kappa shape index (κ1) is 5.23. The number of aliphatic hydroxyl groups is 1. The van der Waals surface area contributed by atoms with Crippen LogP contribution in [0.3, 0.4) is 0 Å². The first-order chi connectivity index (χ1) is 4.17. The second-order valence-electron chi connectivity index (χ2n) is 3.04. The summed E-state index contributed by atoms with van der Waals surface area (Å²) in [7, 11) is 0. The van der Waals surface area contributed by atoms with Crippen molar-refractivity contribution in [3.05, 3.63) is 0 Å². The van der Waals surface area contributed by atoms with Gasteiger partial charge in [-0.2, -0.15) is 0 Å². The molecule has 2 aliphatic carbocycles. The third kappa shape index (κ3) is 0.399. The summed E-state index contributed by atoms with van der Waals surface area (Å²) in [5.41, 5.74) is -0.473. The summed E-state index contributed by atoms with van der Waals surface area (Å²) in [6, 6.07) is 0. The standard InChI is InChI=1S/C6H8O3/c7-4-2-6(5(8)9)1-3(4)6/h3-4,7H,1-2H2,(H,8,9)/t3-,4-,6-/m0/s1. The van der Waals surface area contributed by atoms with Gasteiger partial charge in [0.15, 0.2) is 0 Å². The molecule has 0 unspecified atom stereocenters. The van der Waals surface area contributed by atoms with Gasteiger partial charge in [0, 0.05) is 5.92 Å². The lowest BCUT2D eigenvalue weighted by Crippen LogP contribution is -2.36. The fourth-order valence-electron chi connectivity index (χ4n) is 1.76. The number of carboxylic acids is 1. The van der Waals surface area contributed by atoms with Crippen LogP contribution in [0.15, 0.2) is 0 Å². The quantitative estimate of drug-likeness (QED) is 0.516. The smallest absolute Gasteiger partial charge is 0.310 e. The molecule has 0 aromatic carbocycles. The monoisotopic (exact) mass is 128 g/mol. The number of rotatable bonds is 1. The average molecular weight is 128 g/mol. The van der Waals surface area contributed by atoms with Crippen molar-refractivity contribution in [2.24, 2.45) is 11.3 Å². The second-order valence-corrected chi connectivity index (χ2v) is 3.04. The summed E-state index contributed by atoms with van der Waals surface area (Å²) < 4.78 is 0. The van der Waals surface area contributed by atoms with Crippen molar-refractivity contribution in [2.75, 3.05) is 0 Å². The molecular weight excluding hydrogens is 120 g/mol. The van der Waals surface area contributed by atoms with Crippen LogP contribution < -0.4 is 0 Å². The molecular formula is C6H8O3. The van der Waals surface area contributed by atoms with Crippen LogP contribution in [0.25, 0.3) is 0 Å². The van der Waals surface area contributed by atoms with Gasteiger partial charge in [0.05, 0.1) is 11.5 Å². The van der Waals surface area contributed by atoms with Crippen molar-refractivity contribution < 1.29 is 15.0 Å². The van der Waals surface area contributed by atoms with Crippen LogP contribution in [0.2, 0.25) is 0 Å². The largest absolute Gasteiger partial charge is 0.481 e. The minimum Gasteiger partial charge on any atom is -0.481 e. The van der Waals surface area contributed by atoms with Gasteiger partial charge in [-0.15, -0.1) is 0 Å². The van der Waals surface area contributed by atoms with Gasteiger partial charge < -0.3 is 10.2 Å². The molecule has 2 fully saturated rings. The van der Waals surface area contributed by atoms with Crippen molar-refractivity contribution in [3.63, 3.8) is 0 Å². The SMILES string of the molecule is O=C(O)[C@@]12C[C@H](O)[C@@H]1C2. The van der Waals surface area contributed by atoms with Crippen LogP contribution in [-0.4, -0.2) is 22.3 Å². The Labute approximate surface area is 52.3 Å². The van der Waals surface area contributed by atoms with Crippen LogP contribution in [0.1, 0.15) is 12.8 Å². The highest BCUT2D eigenvalue weighted by atomic mass is 16.4. The van der Waals surface area contributed by atoms with E-state index in [1.165, 1.54) is 0 Å². The molecule has 2 rings (SSSR count).